The zero-order chi connectivity index (χ0) is 44.2. The van der Waals surface area contributed by atoms with E-state index in [1.165, 1.54) is 14.2 Å². The second-order valence-electron chi connectivity index (χ2n) is 15.3. The molecule has 0 aromatic heterocycles. The molecule has 0 N–H and O–H groups in total. The van der Waals surface area contributed by atoms with Crippen LogP contribution in [0.1, 0.15) is 112 Å². The Morgan fingerprint density at radius 1 is 0.540 bits per heavy atom. The number of esters is 2. The average molecular weight is 977 g/mol. The van der Waals surface area contributed by atoms with Crippen LogP contribution in [0.5, 0.6) is 23.0 Å². The van der Waals surface area contributed by atoms with E-state index in [1.807, 2.05) is 55.5 Å². The summed E-state index contributed by atoms with van der Waals surface area (Å²) in [5.74, 6) is 2.32. The first kappa shape index (κ1) is 46.9. The Kier molecular flexibility index (Phi) is 15.1. The van der Waals surface area contributed by atoms with Crippen LogP contribution < -0.4 is 19.3 Å². The fourth-order valence-corrected chi connectivity index (χ4v) is 9.57. The average Bonchev–Trinajstić information content (AvgIpc) is 3.28. The first-order valence-electron chi connectivity index (χ1n) is 21.0. The van der Waals surface area contributed by atoms with E-state index >= 15 is 0 Å². The fraction of sp³-hybridized carbons (Fsp3) is 0.283. The number of fused-ring (bicyclic) bond motifs is 4. The summed E-state index contributed by atoms with van der Waals surface area (Å²) in [5, 5.41) is 0. The Bertz CT molecular complexity index is 2640. The van der Waals surface area contributed by atoms with Gasteiger partial charge in [-0.15, -0.1) is 0 Å². The highest BCUT2D eigenvalue weighted by atomic mass is 79.9. The lowest BCUT2D eigenvalue weighted by Gasteiger charge is -2.32. The third kappa shape index (κ3) is 9.25. The van der Waals surface area contributed by atoms with E-state index in [-0.39, 0.29) is 31.2 Å². The van der Waals surface area contributed by atoms with Crippen LogP contribution >= 0.6 is 31.9 Å². The van der Waals surface area contributed by atoms with Crippen molar-refractivity contribution in [2.24, 2.45) is 0 Å². The number of ether oxygens (including phenoxy) is 4. The highest BCUT2D eigenvalue weighted by molar-refractivity contribution is 9.11. The largest absolute Gasteiger partial charge is 0.465 e. The summed E-state index contributed by atoms with van der Waals surface area (Å²) in [6, 6.07) is 36.3. The maximum Gasteiger partial charge on any atom is 0.338 e. The van der Waals surface area contributed by atoms with Crippen molar-refractivity contribution in [2.75, 3.05) is 50.2 Å². The summed E-state index contributed by atoms with van der Waals surface area (Å²) in [5.41, 5.74) is 11.5. The maximum absolute atomic E-state index is 12.6. The predicted molar refractivity (Wildman–Crippen MR) is 262 cm³/mol. The van der Waals surface area contributed by atoms with Gasteiger partial charge >= 0.3 is 11.9 Å². The number of halogens is 2. The first-order valence-corrected chi connectivity index (χ1v) is 22.6. The normalized spacial score (nSPS) is 14.1. The summed E-state index contributed by atoms with van der Waals surface area (Å²) in [6.07, 6.45) is 0. The van der Waals surface area contributed by atoms with Gasteiger partial charge in [0, 0.05) is 87.0 Å². The van der Waals surface area contributed by atoms with E-state index in [2.05, 4.69) is 137 Å². The zero-order valence-corrected chi connectivity index (χ0v) is 39.6. The molecule has 0 fully saturated rings. The third-order valence-electron chi connectivity index (χ3n) is 11.8. The minimum atomic E-state index is -0.347. The summed E-state index contributed by atoms with van der Waals surface area (Å²) in [4.78, 5) is 29.7. The van der Waals surface area contributed by atoms with Gasteiger partial charge in [-0.05, 0) is 122 Å². The zero-order valence-electron chi connectivity index (χ0n) is 36.5. The number of benzene rings is 6. The number of hydrogen-bond donors (Lipinski definition) is 0. The standard InChI is InChI=1S/C26H25Br2NO3.C26H27NO3.CH4/c1-5-29(6-2)22-14-24-19(13-21(22)28)25(16-9-7-8-10-17(16)26(30)31-4)18-12-20(27)15(3)11-23(18)32-24;1-5-27(6-2)18-12-14-22-24(16-18)30-23-15-17(3)11-13-21(23)25(22)19-9-7-8-10-20(19)26(28)29-4;/h7-14,25H,5-6H2,1-4H3;7-16,25H,5-6H2,1-4H3;1H4. The molecule has 63 heavy (non-hydrogen) atoms. The number of anilines is 2. The predicted octanol–water partition coefficient (Wildman–Crippen LogP) is 14.0. The Morgan fingerprint density at radius 3 is 1.54 bits per heavy atom. The minimum Gasteiger partial charge on any atom is -0.465 e. The number of carbonyl (C=O) groups excluding carboxylic acids is 2. The molecule has 10 heteroatoms. The van der Waals surface area contributed by atoms with Gasteiger partial charge < -0.3 is 28.7 Å². The molecule has 8 nitrogen and oxygen atoms in total. The van der Waals surface area contributed by atoms with Crippen molar-refractivity contribution in [3.05, 3.63) is 174 Å². The number of aryl methyl sites for hydroxylation is 2. The molecule has 0 aliphatic carbocycles. The van der Waals surface area contributed by atoms with Crippen LogP contribution in [0.4, 0.5) is 11.4 Å². The van der Waals surface area contributed by atoms with Crippen LogP contribution in [0.2, 0.25) is 0 Å². The summed E-state index contributed by atoms with van der Waals surface area (Å²) in [7, 11) is 2.84. The summed E-state index contributed by atoms with van der Waals surface area (Å²) < 4.78 is 25.0. The molecule has 328 valence electrons. The number of rotatable bonds is 10. The van der Waals surface area contributed by atoms with E-state index in [1.54, 1.807) is 0 Å². The molecule has 0 radical (unpaired) electrons. The molecule has 0 amide bonds. The van der Waals surface area contributed by atoms with Gasteiger partial charge in [-0.1, -0.05) is 78.0 Å². The molecule has 2 heterocycles. The van der Waals surface area contributed by atoms with Gasteiger partial charge in [-0.25, -0.2) is 9.59 Å². The van der Waals surface area contributed by atoms with Crippen molar-refractivity contribution in [1.29, 1.82) is 0 Å². The molecular formula is C53H56Br2N2O6. The molecule has 0 saturated heterocycles. The molecule has 0 saturated carbocycles. The van der Waals surface area contributed by atoms with Gasteiger partial charge in [0.25, 0.3) is 0 Å². The fourth-order valence-electron chi connectivity index (χ4n) is 8.60. The van der Waals surface area contributed by atoms with Crippen molar-refractivity contribution in [2.45, 2.75) is 60.8 Å². The smallest absolute Gasteiger partial charge is 0.338 e. The molecule has 2 atom stereocenters. The van der Waals surface area contributed by atoms with Crippen LogP contribution in [-0.2, 0) is 9.47 Å². The van der Waals surface area contributed by atoms with Crippen LogP contribution in [0.15, 0.2) is 118 Å². The molecule has 2 unspecified atom stereocenters. The van der Waals surface area contributed by atoms with Crippen LogP contribution in [-0.4, -0.2) is 52.3 Å². The Labute approximate surface area is 389 Å². The maximum atomic E-state index is 12.6. The first-order chi connectivity index (χ1) is 30.0. The lowest BCUT2D eigenvalue weighted by Crippen LogP contribution is -2.23. The quantitative estimate of drug-likeness (QED) is 0.125. The molecule has 2 aliphatic rings. The van der Waals surface area contributed by atoms with Gasteiger partial charge in [0.2, 0.25) is 0 Å². The van der Waals surface area contributed by atoms with Gasteiger partial charge in [0.1, 0.15) is 23.0 Å². The highest BCUT2D eigenvalue weighted by Gasteiger charge is 2.34. The number of nitrogens with zero attached hydrogens (tertiary/aromatic N) is 2. The van der Waals surface area contributed by atoms with Crippen LogP contribution in [0.25, 0.3) is 0 Å². The SMILES string of the molecule is C.CCN(CC)c1cc2c(cc1Br)C(c1ccccc1C(=O)OC)c1cc(Br)c(C)cc1O2.CCN(CC)c1ccc2c(c1)Oc1cc(C)ccc1C2c1ccccc1C(=O)OC. The second kappa shape index (κ2) is 20.3. The molecule has 0 spiro atoms. The molecule has 0 bridgehead atoms. The highest BCUT2D eigenvalue weighted by Crippen LogP contribution is 2.52. The van der Waals surface area contributed by atoms with Crippen molar-refractivity contribution in [1.82, 2.24) is 0 Å². The van der Waals surface area contributed by atoms with Crippen molar-refractivity contribution >= 4 is 55.2 Å². The number of hydrogen-bond acceptors (Lipinski definition) is 8. The van der Waals surface area contributed by atoms with E-state index in [0.717, 1.165) is 114 Å². The Morgan fingerprint density at radius 2 is 1.00 bits per heavy atom. The monoisotopic (exact) mass is 974 g/mol. The number of methoxy groups -OCH3 is 2. The van der Waals surface area contributed by atoms with Crippen LogP contribution in [0.3, 0.4) is 0 Å². The lowest BCUT2D eigenvalue weighted by atomic mass is 9.80. The summed E-state index contributed by atoms with van der Waals surface area (Å²) in [6.45, 7) is 16.3. The summed E-state index contributed by atoms with van der Waals surface area (Å²) >= 11 is 7.46. The van der Waals surface area contributed by atoms with Crippen molar-refractivity contribution in [3.63, 3.8) is 0 Å². The van der Waals surface area contributed by atoms with Gasteiger partial charge in [-0.3, -0.25) is 0 Å². The molecule has 2 aliphatic heterocycles. The third-order valence-corrected chi connectivity index (χ3v) is 13.3. The number of carbonyl (C=O) groups is 2. The van der Waals surface area contributed by atoms with Crippen molar-refractivity contribution < 1.29 is 28.5 Å². The van der Waals surface area contributed by atoms with E-state index < -0.39 is 0 Å². The van der Waals surface area contributed by atoms with E-state index in [9.17, 15) is 9.59 Å². The molecular weight excluding hydrogens is 920 g/mol. The van der Waals surface area contributed by atoms with E-state index in [0.29, 0.717) is 11.1 Å². The molecule has 8 rings (SSSR count). The van der Waals surface area contributed by atoms with Crippen LogP contribution in [0, 0.1) is 13.8 Å². The molecule has 6 aromatic rings. The van der Waals surface area contributed by atoms with E-state index in [4.69, 9.17) is 18.9 Å². The molecule has 6 aromatic carbocycles. The Hall–Kier alpha value is -5.58. The van der Waals surface area contributed by atoms with Gasteiger partial charge in [-0.2, -0.15) is 0 Å². The van der Waals surface area contributed by atoms with Gasteiger partial charge in [0.15, 0.2) is 0 Å². The topological polar surface area (TPSA) is 77.5 Å². The van der Waals surface area contributed by atoms with Crippen molar-refractivity contribution in [3.8, 4) is 23.0 Å². The van der Waals surface area contributed by atoms with Gasteiger partial charge in [0.05, 0.1) is 31.0 Å². The minimum absolute atomic E-state index is 0. The second-order valence-corrected chi connectivity index (χ2v) is 17.0. The lowest BCUT2D eigenvalue weighted by molar-refractivity contribution is 0.0590. The Balaban J connectivity index is 0.000000207.